The molecule has 56 heavy (non-hydrogen) atoms. The van der Waals surface area contributed by atoms with Gasteiger partial charge in [-0.15, -0.1) is 0 Å². The first kappa shape index (κ1) is 44.3. The van der Waals surface area contributed by atoms with Crippen molar-refractivity contribution in [2.75, 3.05) is 45.9 Å². The molecule has 2 saturated heterocycles. The molecule has 0 spiro atoms. The predicted octanol–water partition coefficient (Wildman–Crippen LogP) is 4.89. The van der Waals surface area contributed by atoms with Crippen LogP contribution in [0.5, 0.6) is 0 Å². The Hall–Kier alpha value is -4.44. The molecule has 2 aliphatic heterocycles. The molecule has 0 bridgehead atoms. The fourth-order valence-corrected chi connectivity index (χ4v) is 8.40. The van der Waals surface area contributed by atoms with Gasteiger partial charge < -0.3 is 35.0 Å². The fourth-order valence-electron chi connectivity index (χ4n) is 7.18. The van der Waals surface area contributed by atoms with E-state index in [1.54, 1.807) is 30.0 Å². The van der Waals surface area contributed by atoms with Crippen LogP contribution in [-0.4, -0.2) is 111 Å². The van der Waals surface area contributed by atoms with Crippen molar-refractivity contribution < 1.29 is 47.0 Å². The first-order chi connectivity index (χ1) is 26.5. The van der Waals surface area contributed by atoms with E-state index < -0.39 is 39.6 Å². The quantitative estimate of drug-likeness (QED) is 0.160. The van der Waals surface area contributed by atoms with Crippen LogP contribution in [0.25, 0.3) is 10.8 Å². The van der Waals surface area contributed by atoms with E-state index in [1.807, 2.05) is 32.9 Å². The molecule has 2 heterocycles. The largest absolute Gasteiger partial charge is 0.465 e. The van der Waals surface area contributed by atoms with Gasteiger partial charge in [-0.2, -0.15) is 4.72 Å². The number of nitrogens with zero attached hydrogens (tertiary/aromatic N) is 2. The minimum Gasteiger partial charge on any atom is -0.465 e. The summed E-state index contributed by atoms with van der Waals surface area (Å²) < 4.78 is 39.5. The lowest BCUT2D eigenvalue weighted by Crippen LogP contribution is -2.49. The molecule has 0 aromatic heterocycles. The lowest BCUT2D eigenvalue weighted by molar-refractivity contribution is -0.145. The number of carbonyl (C=O) groups is 5. The molecular formula is C40H59N5O10S. The molecule has 0 aliphatic carbocycles. The lowest BCUT2D eigenvalue weighted by Gasteiger charge is -2.34. The molecule has 1 unspecified atom stereocenters. The first-order valence-corrected chi connectivity index (χ1v) is 21.2. The van der Waals surface area contributed by atoms with Gasteiger partial charge in [0, 0.05) is 51.6 Å². The van der Waals surface area contributed by atoms with E-state index in [4.69, 9.17) is 9.47 Å². The summed E-state index contributed by atoms with van der Waals surface area (Å²) in [5, 5.41) is 16.4. The van der Waals surface area contributed by atoms with Crippen molar-refractivity contribution in [1.82, 2.24) is 25.2 Å². The number of esters is 1. The number of sulfonamides is 1. The Balaban J connectivity index is 1.29. The number of carbonyl (C=O) groups excluding carboxylic acids is 4. The lowest BCUT2D eigenvalue weighted by atomic mass is 9.84. The molecule has 2 aromatic carbocycles. The highest BCUT2D eigenvalue weighted by Crippen LogP contribution is 2.30. The summed E-state index contributed by atoms with van der Waals surface area (Å²) in [7, 11) is -4.16. The van der Waals surface area contributed by atoms with Crippen molar-refractivity contribution in [2.24, 2.45) is 17.8 Å². The van der Waals surface area contributed by atoms with Gasteiger partial charge in [-0.3, -0.25) is 14.4 Å². The highest BCUT2D eigenvalue weighted by atomic mass is 32.2. The summed E-state index contributed by atoms with van der Waals surface area (Å²) >= 11 is 0. The number of hydrogen-bond donors (Lipinski definition) is 4. The minimum atomic E-state index is -4.16. The van der Waals surface area contributed by atoms with Crippen molar-refractivity contribution in [3.05, 3.63) is 42.5 Å². The molecule has 2 atom stereocenters. The molecule has 0 saturated carbocycles. The maximum absolute atomic E-state index is 13.6. The molecule has 16 heteroatoms. The molecule has 4 amide bonds. The summed E-state index contributed by atoms with van der Waals surface area (Å²) in [4.78, 5) is 66.2. The number of rotatable bonds is 17. The summed E-state index contributed by atoms with van der Waals surface area (Å²) in [5.74, 6) is -1.13. The van der Waals surface area contributed by atoms with Crippen LogP contribution in [0.4, 0.5) is 9.59 Å². The second-order valence-electron chi connectivity index (χ2n) is 15.8. The molecule has 0 radical (unpaired) electrons. The van der Waals surface area contributed by atoms with Gasteiger partial charge in [0.15, 0.2) is 0 Å². The van der Waals surface area contributed by atoms with Gasteiger partial charge in [0.05, 0.1) is 11.5 Å². The summed E-state index contributed by atoms with van der Waals surface area (Å²) in [6, 6.07) is 10.5. The number of nitrogens with one attached hydrogen (secondary N) is 3. The Labute approximate surface area is 330 Å². The average Bonchev–Trinajstić information content (AvgIpc) is 3.16. The van der Waals surface area contributed by atoms with Gasteiger partial charge in [0.25, 0.3) is 0 Å². The molecule has 2 aliphatic rings. The Morgan fingerprint density at radius 1 is 0.857 bits per heavy atom. The van der Waals surface area contributed by atoms with Crippen LogP contribution in [0.1, 0.15) is 85.5 Å². The fraction of sp³-hybridized carbons (Fsp3) is 0.625. The second-order valence-corrected chi connectivity index (χ2v) is 17.5. The smallest absolute Gasteiger partial charge is 0.410 e. The zero-order valence-corrected chi connectivity index (χ0v) is 33.9. The highest BCUT2D eigenvalue weighted by molar-refractivity contribution is 7.89. The Morgan fingerprint density at radius 2 is 1.45 bits per heavy atom. The topological polar surface area (TPSA) is 201 Å². The summed E-state index contributed by atoms with van der Waals surface area (Å²) in [6.45, 7) is 8.96. The van der Waals surface area contributed by atoms with Crippen molar-refractivity contribution >= 4 is 50.8 Å². The Morgan fingerprint density at radius 3 is 2.02 bits per heavy atom. The van der Waals surface area contributed by atoms with Gasteiger partial charge in [0.2, 0.25) is 21.8 Å². The number of benzene rings is 2. The Bertz CT molecular complexity index is 1770. The molecule has 2 aromatic rings. The van der Waals surface area contributed by atoms with Gasteiger partial charge in [-0.05, 0) is 114 Å². The van der Waals surface area contributed by atoms with E-state index in [0.29, 0.717) is 56.2 Å². The zero-order valence-electron chi connectivity index (χ0n) is 33.1. The molecule has 4 rings (SSSR count). The minimum absolute atomic E-state index is 0.0149. The number of hydrogen-bond acceptors (Lipinski definition) is 9. The van der Waals surface area contributed by atoms with Crippen LogP contribution in [-0.2, 0) is 33.9 Å². The average molecular weight is 802 g/mol. The van der Waals surface area contributed by atoms with Crippen LogP contribution in [0.2, 0.25) is 0 Å². The van der Waals surface area contributed by atoms with E-state index in [9.17, 15) is 37.5 Å². The molecule has 310 valence electrons. The van der Waals surface area contributed by atoms with Crippen LogP contribution in [0.15, 0.2) is 47.4 Å². The SMILES string of the molecule is CCOC(=O)C(CNC(=O)CCNC(=O)[C@@H](CCC1CCN(C(=O)O)CC1)CCC1CCN(C(=O)OC(C)(C)C)CC1)NS(=O)(=O)c1ccc2ccccc2c1. The molecule has 2 fully saturated rings. The number of ether oxygens (including phenoxy) is 2. The number of amides is 4. The van der Waals surface area contributed by atoms with Gasteiger partial charge >= 0.3 is 18.2 Å². The normalized spacial score (nSPS) is 16.9. The van der Waals surface area contributed by atoms with Crippen molar-refractivity contribution in [3.8, 4) is 0 Å². The number of carboxylic acid groups (broad SMARTS) is 1. The third kappa shape index (κ3) is 13.9. The maximum atomic E-state index is 13.6. The van der Waals surface area contributed by atoms with Crippen molar-refractivity contribution in [3.63, 3.8) is 0 Å². The van der Waals surface area contributed by atoms with E-state index in [2.05, 4.69) is 15.4 Å². The predicted molar refractivity (Wildman–Crippen MR) is 210 cm³/mol. The standard InChI is InChI=1S/C40H59N5O10S/c1-5-54-37(48)34(43-56(52,53)33-15-14-30-8-6-7-9-32(30)26-33)27-42-35(46)16-21-41-36(47)31(12-10-28-17-22-44(23-18-28)38(49)50)13-11-29-19-24-45(25-20-29)39(51)55-40(2,3)4/h6-9,14-15,26,28-29,31,34,43H,5,10-13,16-25,27H2,1-4H3,(H,41,47)(H,42,46)(H,49,50)/t31-,34?/m0/s1. The highest BCUT2D eigenvalue weighted by Gasteiger charge is 2.30. The summed E-state index contributed by atoms with van der Waals surface area (Å²) in [5.41, 5.74) is -0.566. The van der Waals surface area contributed by atoms with E-state index in [1.165, 1.54) is 17.0 Å². The van der Waals surface area contributed by atoms with Crippen LogP contribution in [0.3, 0.4) is 0 Å². The Kier molecular flexibility index (Phi) is 16.3. The van der Waals surface area contributed by atoms with Gasteiger partial charge in [-0.1, -0.05) is 30.3 Å². The molecule has 15 nitrogen and oxygen atoms in total. The molecule has 4 N–H and O–H groups in total. The zero-order chi connectivity index (χ0) is 40.9. The van der Waals surface area contributed by atoms with Crippen LogP contribution >= 0.6 is 0 Å². The van der Waals surface area contributed by atoms with Crippen molar-refractivity contribution in [2.45, 2.75) is 102 Å². The number of fused-ring (bicyclic) bond motifs is 1. The summed E-state index contributed by atoms with van der Waals surface area (Å²) in [6.07, 6.45) is 4.65. The monoisotopic (exact) mass is 801 g/mol. The van der Waals surface area contributed by atoms with E-state index >= 15 is 0 Å². The third-order valence-corrected chi connectivity index (χ3v) is 11.9. The maximum Gasteiger partial charge on any atom is 0.410 e. The number of likely N-dealkylation sites (tertiary alicyclic amines) is 2. The third-order valence-electron chi connectivity index (χ3n) is 10.4. The molecular weight excluding hydrogens is 743 g/mol. The van der Waals surface area contributed by atoms with Gasteiger partial charge in [-0.25, -0.2) is 18.0 Å². The van der Waals surface area contributed by atoms with E-state index in [-0.39, 0.29) is 48.9 Å². The van der Waals surface area contributed by atoms with E-state index in [0.717, 1.165) is 43.9 Å². The van der Waals surface area contributed by atoms with Crippen molar-refractivity contribution in [1.29, 1.82) is 0 Å². The second kappa shape index (κ2) is 20.6. The van der Waals surface area contributed by atoms with Crippen LogP contribution < -0.4 is 15.4 Å². The number of piperidine rings is 2. The van der Waals surface area contributed by atoms with Gasteiger partial charge in [0.1, 0.15) is 11.6 Å². The first-order valence-electron chi connectivity index (χ1n) is 19.7. The van der Waals surface area contributed by atoms with Crippen LogP contribution in [0, 0.1) is 17.8 Å².